The number of amides is 2. The van der Waals surface area contributed by atoms with E-state index in [4.69, 9.17) is 16.0 Å². The molecular weight excluding hydrogens is 610 g/mol. The van der Waals surface area contributed by atoms with Crippen molar-refractivity contribution in [1.29, 1.82) is 0 Å². The van der Waals surface area contributed by atoms with Crippen LogP contribution in [0.1, 0.15) is 112 Å². The second-order valence-electron chi connectivity index (χ2n) is 16.7. The third-order valence-electron chi connectivity index (χ3n) is 13.0. The van der Waals surface area contributed by atoms with Gasteiger partial charge >= 0.3 is 5.97 Å². The highest BCUT2D eigenvalue weighted by molar-refractivity contribution is 5.96. The summed E-state index contributed by atoms with van der Waals surface area (Å²) in [6, 6.07) is -1.42. The van der Waals surface area contributed by atoms with Gasteiger partial charge in [-0.3, -0.25) is 14.4 Å². The van der Waals surface area contributed by atoms with E-state index in [-0.39, 0.29) is 35.7 Å². The van der Waals surface area contributed by atoms with Gasteiger partial charge in [-0.15, -0.1) is 6.42 Å². The molecule has 0 bridgehead atoms. The molecule has 266 valence electrons. The van der Waals surface area contributed by atoms with Gasteiger partial charge in [0.1, 0.15) is 11.6 Å². The molecule has 1 saturated heterocycles. The largest absolute Gasteiger partial charge is 0.481 e. The van der Waals surface area contributed by atoms with Crippen molar-refractivity contribution >= 4 is 23.5 Å². The number of fused-ring (bicyclic) bond motifs is 5. The number of aliphatic hydroxyl groups is 1. The van der Waals surface area contributed by atoms with Crippen LogP contribution in [0.15, 0.2) is 16.8 Å². The lowest BCUT2D eigenvalue weighted by Gasteiger charge is -2.58. The van der Waals surface area contributed by atoms with Crippen LogP contribution in [0, 0.1) is 52.8 Å². The smallest absolute Gasteiger partial charge is 0.305 e. The van der Waals surface area contributed by atoms with Crippen molar-refractivity contribution in [2.75, 3.05) is 13.2 Å². The van der Waals surface area contributed by atoms with E-state index in [0.717, 1.165) is 50.7 Å². The van der Waals surface area contributed by atoms with E-state index in [1.165, 1.54) is 5.57 Å². The zero-order valence-electron chi connectivity index (χ0n) is 29.8. The molecule has 0 aromatic rings. The zero-order valence-corrected chi connectivity index (χ0v) is 29.8. The number of nitrogens with zero attached hydrogens (tertiary/aromatic N) is 1. The van der Waals surface area contributed by atoms with Crippen molar-refractivity contribution in [3.63, 3.8) is 0 Å². The zero-order chi connectivity index (χ0) is 35.1. The number of aliphatic carboxylic acids is 1. The Morgan fingerprint density at radius 2 is 1.79 bits per heavy atom. The van der Waals surface area contributed by atoms with Crippen molar-refractivity contribution in [2.45, 2.75) is 135 Å². The standard InChI is InChI=1S/C38H57N3O7/c1-8-38(46)17-13-29-27-10-9-25-19-26(11-15-36(25,6)28(27)12-16-37(29,38)7)41-48-22-31(42)40-33(23(2)3)34(45)39-30(20-32(43)44)24-14-18-47-35(4,5)21-24/h1,19,23-24,27-30,33,46H,9-18,20-22H2,2-7H3,(H,39,45)(H,40,42)(H,43,44)/b41-26+/t24-,27-,28+,29+,30-,33+,36+,37+,38-/m1/s1. The van der Waals surface area contributed by atoms with Gasteiger partial charge in [-0.05, 0) is 119 Å². The normalized spacial score (nSPS) is 37.6. The fourth-order valence-electron chi connectivity index (χ4n) is 10.2. The van der Waals surface area contributed by atoms with Crippen LogP contribution in [0.25, 0.3) is 0 Å². The molecule has 5 aliphatic rings. The molecule has 0 unspecified atom stereocenters. The van der Waals surface area contributed by atoms with E-state index in [2.05, 4.69) is 41.6 Å². The summed E-state index contributed by atoms with van der Waals surface area (Å²) in [5, 5.41) is 30.9. The second kappa shape index (κ2) is 13.8. The predicted molar refractivity (Wildman–Crippen MR) is 183 cm³/mol. The van der Waals surface area contributed by atoms with Gasteiger partial charge in [-0.1, -0.05) is 44.3 Å². The van der Waals surface area contributed by atoms with Gasteiger partial charge in [-0.25, -0.2) is 0 Å². The Labute approximate surface area is 286 Å². The molecule has 3 saturated carbocycles. The van der Waals surface area contributed by atoms with E-state index in [1.807, 2.05) is 27.7 Å². The first-order valence-corrected chi connectivity index (χ1v) is 18.1. The van der Waals surface area contributed by atoms with E-state index < -0.39 is 41.1 Å². The van der Waals surface area contributed by atoms with E-state index in [9.17, 15) is 24.6 Å². The summed E-state index contributed by atoms with van der Waals surface area (Å²) in [5.41, 5.74) is 0.689. The number of oxime groups is 1. The van der Waals surface area contributed by atoms with Crippen LogP contribution in [0.4, 0.5) is 0 Å². The Morgan fingerprint density at radius 1 is 1.06 bits per heavy atom. The number of nitrogens with one attached hydrogen (secondary N) is 2. The lowest BCUT2D eigenvalue weighted by Crippen LogP contribution is -2.55. The molecule has 5 rings (SSSR count). The summed E-state index contributed by atoms with van der Waals surface area (Å²) in [6.45, 7) is 12.4. The van der Waals surface area contributed by atoms with Gasteiger partial charge in [-0.2, -0.15) is 0 Å². The number of hydrogen-bond donors (Lipinski definition) is 4. The van der Waals surface area contributed by atoms with Gasteiger partial charge < -0.3 is 30.4 Å². The fourth-order valence-corrected chi connectivity index (χ4v) is 10.2. The van der Waals surface area contributed by atoms with Crippen LogP contribution in [0.3, 0.4) is 0 Å². The molecule has 10 nitrogen and oxygen atoms in total. The summed E-state index contributed by atoms with van der Waals surface area (Å²) in [6.07, 6.45) is 16.6. The monoisotopic (exact) mass is 667 g/mol. The topological polar surface area (TPSA) is 147 Å². The minimum atomic E-state index is -1.00. The number of hydrogen-bond acceptors (Lipinski definition) is 7. The van der Waals surface area contributed by atoms with Gasteiger partial charge in [0, 0.05) is 18.1 Å². The number of ether oxygens (including phenoxy) is 1. The minimum absolute atomic E-state index is 0.0486. The average Bonchev–Trinajstić information content (AvgIpc) is 3.29. The summed E-state index contributed by atoms with van der Waals surface area (Å²) in [7, 11) is 0. The molecule has 0 spiro atoms. The predicted octanol–water partition coefficient (Wildman–Crippen LogP) is 4.99. The Balaban J connectivity index is 1.17. The lowest BCUT2D eigenvalue weighted by atomic mass is 9.46. The van der Waals surface area contributed by atoms with Crippen LogP contribution >= 0.6 is 0 Å². The molecule has 4 fully saturated rings. The molecule has 4 aliphatic carbocycles. The molecule has 0 aromatic carbocycles. The average molecular weight is 668 g/mol. The van der Waals surface area contributed by atoms with Gasteiger partial charge in [0.15, 0.2) is 6.61 Å². The van der Waals surface area contributed by atoms with Crippen LogP contribution in [0.2, 0.25) is 0 Å². The highest BCUT2D eigenvalue weighted by Crippen LogP contribution is 2.67. The Hall–Kier alpha value is -2.90. The van der Waals surface area contributed by atoms with E-state index in [0.29, 0.717) is 43.6 Å². The maximum Gasteiger partial charge on any atom is 0.305 e. The van der Waals surface area contributed by atoms with Crippen LogP contribution in [-0.4, -0.2) is 70.2 Å². The highest BCUT2D eigenvalue weighted by Gasteiger charge is 2.63. The number of terminal acetylenes is 1. The molecule has 0 radical (unpaired) electrons. The molecule has 9 atom stereocenters. The Bertz CT molecular complexity index is 1370. The third kappa shape index (κ3) is 7.05. The minimum Gasteiger partial charge on any atom is -0.481 e. The van der Waals surface area contributed by atoms with E-state index >= 15 is 0 Å². The van der Waals surface area contributed by atoms with Crippen LogP contribution in [-0.2, 0) is 24.0 Å². The van der Waals surface area contributed by atoms with Crippen LogP contribution < -0.4 is 10.6 Å². The number of carbonyl (C=O) groups excluding carboxylic acids is 2. The van der Waals surface area contributed by atoms with Gasteiger partial charge in [0.05, 0.1) is 17.7 Å². The van der Waals surface area contributed by atoms with Crippen molar-refractivity contribution in [2.24, 2.45) is 45.6 Å². The number of rotatable bonds is 10. The van der Waals surface area contributed by atoms with Crippen LogP contribution in [0.5, 0.6) is 0 Å². The van der Waals surface area contributed by atoms with Crippen molar-refractivity contribution in [3.05, 3.63) is 11.6 Å². The molecule has 0 aromatic heterocycles. The Kier molecular flexibility index (Phi) is 10.4. The number of carboxylic acid groups (broad SMARTS) is 1. The van der Waals surface area contributed by atoms with Gasteiger partial charge in [0.2, 0.25) is 5.91 Å². The number of allylic oxidation sites excluding steroid dienone is 2. The maximum atomic E-state index is 13.4. The molecular formula is C38H57N3O7. The molecule has 48 heavy (non-hydrogen) atoms. The molecule has 4 N–H and O–H groups in total. The quantitative estimate of drug-likeness (QED) is 0.190. The van der Waals surface area contributed by atoms with E-state index in [1.54, 1.807) is 0 Å². The van der Waals surface area contributed by atoms with Gasteiger partial charge in [0.25, 0.3) is 5.91 Å². The summed E-state index contributed by atoms with van der Waals surface area (Å²) in [5.74, 6) is 2.19. The van der Waals surface area contributed by atoms with Crippen molar-refractivity contribution < 1.29 is 34.2 Å². The molecule has 10 heteroatoms. The first-order chi connectivity index (χ1) is 22.5. The second-order valence-corrected chi connectivity index (χ2v) is 16.7. The molecule has 1 heterocycles. The SMILES string of the molecule is C#C[C@@]1(O)CC[C@H]2[C@@H]3CCC4=C/C(=N/OCC(=O)N[C@H](C(=O)N[C@H](CC(=O)O)[C@@H]5CCOC(C)(C)C5)C(C)C)CC[C@]4(C)[C@H]3CC[C@@]21C. The fraction of sp³-hybridized carbons (Fsp3) is 0.789. The van der Waals surface area contributed by atoms with Crippen molar-refractivity contribution in [1.82, 2.24) is 10.6 Å². The first kappa shape index (κ1) is 36.4. The lowest BCUT2D eigenvalue weighted by molar-refractivity contribution is -0.140. The number of carbonyl (C=O) groups is 3. The summed E-state index contributed by atoms with van der Waals surface area (Å²) >= 11 is 0. The first-order valence-electron chi connectivity index (χ1n) is 18.1. The molecule has 2 amide bonds. The molecule has 1 aliphatic heterocycles. The Morgan fingerprint density at radius 3 is 2.46 bits per heavy atom. The highest BCUT2D eigenvalue weighted by atomic mass is 16.6. The van der Waals surface area contributed by atoms with Crippen molar-refractivity contribution in [3.8, 4) is 12.3 Å². The summed E-state index contributed by atoms with van der Waals surface area (Å²) in [4.78, 5) is 43.5. The summed E-state index contributed by atoms with van der Waals surface area (Å²) < 4.78 is 5.80. The maximum absolute atomic E-state index is 13.4. The number of carboxylic acids is 1. The third-order valence-corrected chi connectivity index (χ3v) is 13.0.